The molecule has 11 heavy (non-hydrogen) atoms. The van der Waals surface area contributed by atoms with Crippen molar-refractivity contribution >= 4 is 0 Å². The first-order valence-corrected chi connectivity index (χ1v) is 3.65. The minimum absolute atomic E-state index is 0.203. The summed E-state index contributed by atoms with van der Waals surface area (Å²) in [4.78, 5) is 0. The smallest absolute Gasteiger partial charge is 0.123 e. The van der Waals surface area contributed by atoms with Gasteiger partial charge in [0.2, 0.25) is 0 Å². The molecule has 0 atom stereocenters. The van der Waals surface area contributed by atoms with Gasteiger partial charge in [0.05, 0.1) is 6.61 Å². The van der Waals surface area contributed by atoms with Crippen molar-refractivity contribution in [2.45, 2.75) is 13.5 Å². The Kier molecular flexibility index (Phi) is 3.05. The van der Waals surface area contributed by atoms with E-state index in [0.717, 1.165) is 5.56 Å². The lowest BCUT2D eigenvalue weighted by atomic mass is 10.2. The molecule has 0 spiro atoms. The van der Waals surface area contributed by atoms with Gasteiger partial charge in [-0.15, -0.1) is 0 Å². The van der Waals surface area contributed by atoms with Crippen LogP contribution in [-0.4, -0.2) is 6.61 Å². The Hall–Kier alpha value is -0.890. The molecule has 0 bridgehead atoms. The lowest BCUT2D eigenvalue weighted by Crippen LogP contribution is -1.91. The average Bonchev–Trinajstić information content (AvgIpc) is 2.04. The predicted molar refractivity (Wildman–Crippen MR) is 41.7 cm³/mol. The lowest BCUT2D eigenvalue weighted by Gasteiger charge is -1.99. The number of halogens is 1. The van der Waals surface area contributed by atoms with Crippen LogP contribution in [0.4, 0.5) is 4.39 Å². The van der Waals surface area contributed by atoms with Crippen LogP contribution < -0.4 is 0 Å². The third kappa shape index (κ3) is 2.68. The van der Waals surface area contributed by atoms with Crippen molar-refractivity contribution in [1.29, 1.82) is 0 Å². The van der Waals surface area contributed by atoms with Gasteiger partial charge in [-0.1, -0.05) is 12.1 Å². The minimum atomic E-state index is -0.203. The summed E-state index contributed by atoms with van der Waals surface area (Å²) in [5.41, 5.74) is 1.01. The predicted octanol–water partition coefficient (Wildman–Crippen LogP) is 2.36. The van der Waals surface area contributed by atoms with Gasteiger partial charge < -0.3 is 4.74 Å². The third-order valence-electron chi connectivity index (χ3n) is 1.39. The maximum Gasteiger partial charge on any atom is 0.123 e. The molecule has 0 amide bonds. The molecule has 0 aliphatic heterocycles. The normalized spacial score (nSPS) is 10.0. The zero-order valence-corrected chi connectivity index (χ0v) is 6.51. The highest BCUT2D eigenvalue weighted by atomic mass is 19.1. The van der Waals surface area contributed by atoms with Gasteiger partial charge in [0.1, 0.15) is 5.82 Å². The molecule has 0 aliphatic carbocycles. The Morgan fingerprint density at radius 1 is 1.27 bits per heavy atom. The monoisotopic (exact) mass is 154 g/mol. The molecule has 0 unspecified atom stereocenters. The quantitative estimate of drug-likeness (QED) is 0.649. The van der Waals surface area contributed by atoms with Gasteiger partial charge in [-0.3, -0.25) is 0 Å². The van der Waals surface area contributed by atoms with Crippen molar-refractivity contribution in [1.82, 2.24) is 0 Å². The SMILES string of the molecule is CCOCc1ccc(F)cc1. The van der Waals surface area contributed by atoms with Crippen LogP contribution in [0.2, 0.25) is 0 Å². The molecule has 0 radical (unpaired) electrons. The zero-order chi connectivity index (χ0) is 8.10. The number of hydrogen-bond donors (Lipinski definition) is 0. The molecule has 1 aromatic rings. The van der Waals surface area contributed by atoms with E-state index < -0.39 is 0 Å². The topological polar surface area (TPSA) is 9.23 Å². The van der Waals surface area contributed by atoms with Crippen molar-refractivity contribution in [2.75, 3.05) is 6.61 Å². The summed E-state index contributed by atoms with van der Waals surface area (Å²) in [5, 5.41) is 0. The van der Waals surface area contributed by atoms with Gasteiger partial charge in [0, 0.05) is 6.61 Å². The molecule has 0 aromatic heterocycles. The summed E-state index contributed by atoms with van der Waals surface area (Å²) >= 11 is 0. The first-order valence-electron chi connectivity index (χ1n) is 3.65. The number of rotatable bonds is 3. The van der Waals surface area contributed by atoms with Gasteiger partial charge >= 0.3 is 0 Å². The van der Waals surface area contributed by atoms with Crippen molar-refractivity contribution in [2.24, 2.45) is 0 Å². The maximum atomic E-state index is 12.4. The zero-order valence-electron chi connectivity index (χ0n) is 6.51. The Morgan fingerprint density at radius 2 is 1.91 bits per heavy atom. The second-order valence-corrected chi connectivity index (χ2v) is 2.26. The highest BCUT2D eigenvalue weighted by Crippen LogP contribution is 2.03. The molecule has 1 nitrogen and oxygen atoms in total. The van der Waals surface area contributed by atoms with E-state index in [9.17, 15) is 4.39 Å². The summed E-state index contributed by atoms with van der Waals surface area (Å²) in [6, 6.07) is 6.33. The Morgan fingerprint density at radius 3 is 2.45 bits per heavy atom. The summed E-state index contributed by atoms with van der Waals surface area (Å²) in [7, 11) is 0. The van der Waals surface area contributed by atoms with Crippen molar-refractivity contribution in [3.63, 3.8) is 0 Å². The summed E-state index contributed by atoms with van der Waals surface area (Å²) in [6.45, 7) is 3.19. The average molecular weight is 154 g/mol. The first-order chi connectivity index (χ1) is 5.33. The van der Waals surface area contributed by atoms with Crippen LogP contribution in [0.1, 0.15) is 12.5 Å². The number of benzene rings is 1. The van der Waals surface area contributed by atoms with Gasteiger partial charge in [-0.25, -0.2) is 4.39 Å². The van der Waals surface area contributed by atoms with Crippen molar-refractivity contribution in [3.8, 4) is 0 Å². The standard InChI is InChI=1S/C9H11FO/c1-2-11-7-8-3-5-9(10)6-4-8/h3-6H,2,7H2,1H3. The van der Waals surface area contributed by atoms with Gasteiger partial charge in [-0.05, 0) is 24.6 Å². The van der Waals surface area contributed by atoms with Crippen LogP contribution in [0, 0.1) is 5.82 Å². The van der Waals surface area contributed by atoms with E-state index in [2.05, 4.69) is 0 Å². The number of hydrogen-bond acceptors (Lipinski definition) is 1. The van der Waals surface area contributed by atoms with E-state index in [-0.39, 0.29) is 5.82 Å². The van der Waals surface area contributed by atoms with E-state index in [1.807, 2.05) is 6.92 Å². The molecule has 2 heteroatoms. The summed E-state index contributed by atoms with van der Waals surface area (Å²) < 4.78 is 17.5. The van der Waals surface area contributed by atoms with E-state index >= 15 is 0 Å². The molecule has 1 aromatic carbocycles. The lowest BCUT2D eigenvalue weighted by molar-refractivity contribution is 0.134. The molecule has 60 valence electrons. The Bertz CT molecular complexity index is 205. The second kappa shape index (κ2) is 4.09. The largest absolute Gasteiger partial charge is 0.377 e. The van der Waals surface area contributed by atoms with Crippen LogP contribution in [0.25, 0.3) is 0 Å². The van der Waals surface area contributed by atoms with Crippen LogP contribution in [0.5, 0.6) is 0 Å². The van der Waals surface area contributed by atoms with E-state index in [1.54, 1.807) is 12.1 Å². The fourth-order valence-corrected chi connectivity index (χ4v) is 0.801. The fraction of sp³-hybridized carbons (Fsp3) is 0.333. The Labute approximate surface area is 65.8 Å². The van der Waals surface area contributed by atoms with Crippen LogP contribution in [0.15, 0.2) is 24.3 Å². The Balaban J connectivity index is 2.52. The highest BCUT2D eigenvalue weighted by molar-refractivity contribution is 5.14. The third-order valence-corrected chi connectivity index (χ3v) is 1.39. The highest BCUT2D eigenvalue weighted by Gasteiger charge is 1.91. The molecule has 0 saturated carbocycles. The van der Waals surface area contributed by atoms with Crippen LogP contribution in [0.3, 0.4) is 0 Å². The molecule has 0 fully saturated rings. The molecule has 0 heterocycles. The summed E-state index contributed by atoms with van der Waals surface area (Å²) in [5.74, 6) is -0.203. The van der Waals surface area contributed by atoms with E-state index in [1.165, 1.54) is 12.1 Å². The van der Waals surface area contributed by atoms with Crippen molar-refractivity contribution in [3.05, 3.63) is 35.6 Å². The van der Waals surface area contributed by atoms with Crippen LogP contribution in [-0.2, 0) is 11.3 Å². The second-order valence-electron chi connectivity index (χ2n) is 2.26. The van der Waals surface area contributed by atoms with E-state index in [4.69, 9.17) is 4.74 Å². The molecule has 0 saturated heterocycles. The van der Waals surface area contributed by atoms with Crippen LogP contribution >= 0.6 is 0 Å². The summed E-state index contributed by atoms with van der Waals surface area (Å²) in [6.07, 6.45) is 0. The minimum Gasteiger partial charge on any atom is -0.377 e. The van der Waals surface area contributed by atoms with E-state index in [0.29, 0.717) is 13.2 Å². The molecular weight excluding hydrogens is 143 g/mol. The molecule has 0 aliphatic rings. The van der Waals surface area contributed by atoms with Gasteiger partial charge in [0.15, 0.2) is 0 Å². The first kappa shape index (κ1) is 8.21. The molecule has 0 N–H and O–H groups in total. The molecular formula is C9H11FO. The number of ether oxygens (including phenoxy) is 1. The van der Waals surface area contributed by atoms with Crippen molar-refractivity contribution < 1.29 is 9.13 Å². The van der Waals surface area contributed by atoms with Gasteiger partial charge in [0.25, 0.3) is 0 Å². The van der Waals surface area contributed by atoms with Gasteiger partial charge in [-0.2, -0.15) is 0 Å². The maximum absolute atomic E-state index is 12.4. The fourth-order valence-electron chi connectivity index (χ4n) is 0.801. The molecule has 1 rings (SSSR count).